The Labute approximate surface area is 85.0 Å². The van der Waals surface area contributed by atoms with Crippen LogP contribution in [0.15, 0.2) is 12.5 Å². The zero-order valence-corrected chi connectivity index (χ0v) is 8.90. The van der Waals surface area contributed by atoms with Crippen LogP contribution in [-0.2, 0) is 6.54 Å². The number of rotatable bonds is 6. The van der Waals surface area contributed by atoms with Crippen molar-refractivity contribution in [2.24, 2.45) is 0 Å². The van der Waals surface area contributed by atoms with Crippen molar-refractivity contribution in [1.82, 2.24) is 14.9 Å². The molecule has 0 atom stereocenters. The predicted octanol–water partition coefficient (Wildman–Crippen LogP) is 0.936. The molecular formula is C10H19N3O. The van der Waals surface area contributed by atoms with E-state index < -0.39 is 0 Å². The number of nitrogens with one attached hydrogen (secondary N) is 1. The Morgan fingerprint density at radius 2 is 2.36 bits per heavy atom. The Hall–Kier alpha value is -0.870. The maximum Gasteiger partial charge on any atom is 0.0951 e. The average Bonchev–Trinajstić information content (AvgIpc) is 2.60. The summed E-state index contributed by atoms with van der Waals surface area (Å²) in [4.78, 5) is 4.12. The highest BCUT2D eigenvalue weighted by Gasteiger charge is 2.03. The first-order valence-electron chi connectivity index (χ1n) is 5.08. The van der Waals surface area contributed by atoms with Crippen LogP contribution in [0, 0.1) is 0 Å². The van der Waals surface area contributed by atoms with Crippen LogP contribution in [0.25, 0.3) is 0 Å². The first-order chi connectivity index (χ1) is 6.75. The van der Waals surface area contributed by atoms with Crippen LogP contribution in [0.2, 0.25) is 0 Å². The lowest BCUT2D eigenvalue weighted by Gasteiger charge is -2.11. The maximum absolute atomic E-state index is 8.61. The molecule has 0 aliphatic rings. The normalized spacial score (nSPS) is 11.1. The average molecular weight is 197 g/mol. The van der Waals surface area contributed by atoms with Crippen LogP contribution in [0.4, 0.5) is 0 Å². The van der Waals surface area contributed by atoms with Crippen molar-refractivity contribution in [3.8, 4) is 0 Å². The van der Waals surface area contributed by atoms with Crippen molar-refractivity contribution in [2.75, 3.05) is 13.2 Å². The van der Waals surface area contributed by atoms with Gasteiger partial charge in [-0.3, -0.25) is 0 Å². The van der Waals surface area contributed by atoms with E-state index in [1.54, 1.807) is 0 Å². The fourth-order valence-electron chi connectivity index (χ4n) is 1.35. The van der Waals surface area contributed by atoms with Crippen LogP contribution >= 0.6 is 0 Å². The van der Waals surface area contributed by atoms with Gasteiger partial charge in [-0.05, 0) is 26.8 Å². The number of aliphatic hydroxyl groups excluding tert-OH is 1. The highest BCUT2D eigenvalue weighted by atomic mass is 16.3. The third-order valence-corrected chi connectivity index (χ3v) is 2.12. The Morgan fingerprint density at radius 1 is 1.57 bits per heavy atom. The second kappa shape index (κ2) is 5.78. The van der Waals surface area contributed by atoms with Gasteiger partial charge < -0.3 is 15.0 Å². The molecule has 80 valence electrons. The van der Waals surface area contributed by atoms with Gasteiger partial charge in [-0.25, -0.2) is 4.98 Å². The van der Waals surface area contributed by atoms with Gasteiger partial charge in [0.1, 0.15) is 0 Å². The number of aromatic nitrogens is 2. The van der Waals surface area contributed by atoms with E-state index in [9.17, 15) is 0 Å². The Morgan fingerprint density at radius 3 is 3.00 bits per heavy atom. The van der Waals surface area contributed by atoms with Gasteiger partial charge in [-0.15, -0.1) is 0 Å². The zero-order chi connectivity index (χ0) is 10.4. The molecule has 1 aromatic rings. The molecule has 0 amide bonds. The molecule has 4 heteroatoms. The van der Waals surface area contributed by atoms with Gasteiger partial charge >= 0.3 is 0 Å². The molecular weight excluding hydrogens is 178 g/mol. The van der Waals surface area contributed by atoms with Gasteiger partial charge in [0.2, 0.25) is 0 Å². The minimum atomic E-state index is 0.246. The molecule has 0 bridgehead atoms. The van der Waals surface area contributed by atoms with E-state index in [-0.39, 0.29) is 6.61 Å². The lowest BCUT2D eigenvalue weighted by molar-refractivity contribution is 0.285. The molecule has 1 heterocycles. The minimum Gasteiger partial charge on any atom is -0.396 e. The molecule has 0 saturated heterocycles. The largest absolute Gasteiger partial charge is 0.396 e. The van der Waals surface area contributed by atoms with E-state index in [0.29, 0.717) is 6.04 Å². The van der Waals surface area contributed by atoms with Crippen LogP contribution in [0.5, 0.6) is 0 Å². The second-order valence-corrected chi connectivity index (χ2v) is 3.64. The van der Waals surface area contributed by atoms with Crippen LogP contribution in [-0.4, -0.2) is 27.8 Å². The van der Waals surface area contributed by atoms with Gasteiger partial charge in [0.05, 0.1) is 12.0 Å². The molecule has 0 aliphatic carbocycles. The summed E-state index contributed by atoms with van der Waals surface area (Å²) in [5.74, 6) is 0. The molecule has 2 N–H and O–H groups in total. The predicted molar refractivity (Wildman–Crippen MR) is 56.0 cm³/mol. The van der Waals surface area contributed by atoms with Crippen LogP contribution in [0.1, 0.15) is 32.0 Å². The second-order valence-electron chi connectivity index (χ2n) is 3.64. The summed E-state index contributed by atoms with van der Waals surface area (Å²) in [6, 6.07) is 0.451. The van der Waals surface area contributed by atoms with E-state index in [1.807, 2.05) is 12.5 Å². The number of nitrogens with zero attached hydrogens (tertiary/aromatic N) is 2. The summed E-state index contributed by atoms with van der Waals surface area (Å²) in [5.41, 5.74) is 1.19. The SMILES string of the molecule is CC(C)n1cncc1CNCCCO. The van der Waals surface area contributed by atoms with E-state index in [0.717, 1.165) is 19.5 Å². The molecule has 0 radical (unpaired) electrons. The zero-order valence-electron chi connectivity index (χ0n) is 8.90. The summed E-state index contributed by atoms with van der Waals surface area (Å²) in [6.45, 7) is 6.19. The Bertz CT molecular complexity index is 258. The summed E-state index contributed by atoms with van der Waals surface area (Å²) in [5, 5.41) is 11.9. The molecule has 1 aromatic heterocycles. The quantitative estimate of drug-likeness (QED) is 0.667. The highest BCUT2D eigenvalue weighted by molar-refractivity contribution is 4.99. The maximum atomic E-state index is 8.61. The van der Waals surface area contributed by atoms with Crippen molar-refractivity contribution < 1.29 is 5.11 Å². The van der Waals surface area contributed by atoms with E-state index >= 15 is 0 Å². The van der Waals surface area contributed by atoms with Gasteiger partial charge in [-0.1, -0.05) is 0 Å². The molecule has 1 rings (SSSR count). The first-order valence-corrected chi connectivity index (χ1v) is 5.08. The Kier molecular flexibility index (Phi) is 4.62. The standard InChI is InChI=1S/C10H19N3O/c1-9(2)13-8-12-7-10(13)6-11-4-3-5-14/h7-9,11,14H,3-6H2,1-2H3. The highest BCUT2D eigenvalue weighted by Crippen LogP contribution is 2.07. The molecule has 0 fully saturated rings. The lowest BCUT2D eigenvalue weighted by Crippen LogP contribution is -2.18. The first kappa shape index (κ1) is 11.2. The number of hydrogen-bond acceptors (Lipinski definition) is 3. The monoisotopic (exact) mass is 197 g/mol. The van der Waals surface area contributed by atoms with Crippen molar-refractivity contribution in [2.45, 2.75) is 32.9 Å². The summed E-state index contributed by atoms with van der Waals surface area (Å²) in [7, 11) is 0. The number of imidazole rings is 1. The Balaban J connectivity index is 2.38. The van der Waals surface area contributed by atoms with E-state index in [4.69, 9.17) is 5.11 Å². The fraction of sp³-hybridized carbons (Fsp3) is 0.700. The van der Waals surface area contributed by atoms with Crippen molar-refractivity contribution >= 4 is 0 Å². The molecule has 0 aliphatic heterocycles. The van der Waals surface area contributed by atoms with E-state index in [2.05, 4.69) is 28.7 Å². The number of hydrogen-bond donors (Lipinski definition) is 2. The van der Waals surface area contributed by atoms with E-state index in [1.165, 1.54) is 5.69 Å². The third kappa shape index (κ3) is 3.12. The summed E-state index contributed by atoms with van der Waals surface area (Å²) >= 11 is 0. The van der Waals surface area contributed by atoms with Crippen LogP contribution in [0.3, 0.4) is 0 Å². The lowest BCUT2D eigenvalue weighted by atomic mass is 10.3. The van der Waals surface area contributed by atoms with Gasteiger partial charge in [0, 0.05) is 25.4 Å². The topological polar surface area (TPSA) is 50.1 Å². The molecule has 0 saturated carbocycles. The molecule has 14 heavy (non-hydrogen) atoms. The molecule has 0 aromatic carbocycles. The van der Waals surface area contributed by atoms with Gasteiger partial charge in [0.15, 0.2) is 0 Å². The summed E-state index contributed by atoms with van der Waals surface area (Å²) in [6.07, 6.45) is 4.54. The smallest absolute Gasteiger partial charge is 0.0951 e. The van der Waals surface area contributed by atoms with Gasteiger partial charge in [0.25, 0.3) is 0 Å². The summed E-state index contributed by atoms with van der Waals surface area (Å²) < 4.78 is 2.14. The van der Waals surface area contributed by atoms with Crippen LogP contribution < -0.4 is 5.32 Å². The molecule has 4 nitrogen and oxygen atoms in total. The molecule has 0 spiro atoms. The van der Waals surface area contributed by atoms with Crippen molar-refractivity contribution in [1.29, 1.82) is 0 Å². The molecule has 0 unspecified atom stereocenters. The minimum absolute atomic E-state index is 0.246. The van der Waals surface area contributed by atoms with Gasteiger partial charge in [-0.2, -0.15) is 0 Å². The fourth-order valence-corrected chi connectivity index (χ4v) is 1.35. The van der Waals surface area contributed by atoms with Crippen molar-refractivity contribution in [3.63, 3.8) is 0 Å². The third-order valence-electron chi connectivity index (χ3n) is 2.12. The van der Waals surface area contributed by atoms with Crippen molar-refractivity contribution in [3.05, 3.63) is 18.2 Å². The number of aliphatic hydroxyl groups is 1.